The van der Waals surface area contributed by atoms with Gasteiger partial charge in [-0.2, -0.15) is 9.78 Å². The molecule has 0 aliphatic rings. The highest BCUT2D eigenvalue weighted by atomic mass is 35.5. The zero-order chi connectivity index (χ0) is 33.8. The van der Waals surface area contributed by atoms with Gasteiger partial charge in [-0.1, -0.05) is 37.6 Å². The number of nitro benzene ring substituents is 2. The zero-order valence-electron chi connectivity index (χ0n) is 26.0. The Kier molecular flexibility index (Phi) is 9.62. The number of para-hydroxylation sites is 1. The summed E-state index contributed by atoms with van der Waals surface area (Å²) in [7, 11) is 0. The highest BCUT2D eigenvalue weighted by Crippen LogP contribution is 2.37. The Labute approximate surface area is 274 Å². The number of rotatable bonds is 11. The first-order valence-corrected chi connectivity index (χ1v) is 15.0. The van der Waals surface area contributed by atoms with Crippen molar-refractivity contribution in [2.24, 2.45) is 5.10 Å². The van der Waals surface area contributed by atoms with Crippen molar-refractivity contribution >= 4 is 40.1 Å². The van der Waals surface area contributed by atoms with Crippen LogP contribution in [0.5, 0.6) is 11.5 Å². The maximum Gasteiger partial charge on any atom is 0.313 e. The van der Waals surface area contributed by atoms with Gasteiger partial charge >= 0.3 is 5.69 Å². The predicted octanol–water partition coefficient (Wildman–Crippen LogP) is 7.83. The van der Waals surface area contributed by atoms with Gasteiger partial charge in [-0.15, -0.1) is 0 Å². The van der Waals surface area contributed by atoms with Crippen molar-refractivity contribution in [3.05, 3.63) is 131 Å². The first-order valence-electron chi connectivity index (χ1n) is 14.7. The molecule has 0 unspecified atom stereocenters. The van der Waals surface area contributed by atoms with Crippen LogP contribution in [-0.2, 0) is 6.61 Å². The van der Waals surface area contributed by atoms with Crippen LogP contribution in [0.1, 0.15) is 48.9 Å². The van der Waals surface area contributed by atoms with Crippen LogP contribution in [0.15, 0.2) is 82.7 Å². The minimum atomic E-state index is -0.639. The molecular formula is C34H30ClN5O7. The van der Waals surface area contributed by atoms with Crippen molar-refractivity contribution in [1.82, 2.24) is 9.66 Å². The molecule has 0 bridgehead atoms. The Hall–Kier alpha value is -5.62. The fourth-order valence-electron chi connectivity index (χ4n) is 5.02. The fourth-order valence-corrected chi connectivity index (χ4v) is 5.30. The van der Waals surface area contributed by atoms with E-state index in [0.717, 1.165) is 16.9 Å². The Morgan fingerprint density at radius 2 is 1.72 bits per heavy atom. The monoisotopic (exact) mass is 655 g/mol. The number of nitrogens with zero attached hydrogens (tertiary/aromatic N) is 5. The summed E-state index contributed by atoms with van der Waals surface area (Å²) in [6.07, 6.45) is 1.30. The van der Waals surface area contributed by atoms with Crippen LogP contribution in [0.3, 0.4) is 0 Å². The first-order chi connectivity index (χ1) is 22.5. The Bertz CT molecular complexity index is 2090. The van der Waals surface area contributed by atoms with Crippen molar-refractivity contribution in [3.8, 4) is 22.9 Å². The number of aryl methyl sites for hydroxylation is 1. The van der Waals surface area contributed by atoms with Gasteiger partial charge in [0.1, 0.15) is 12.4 Å². The summed E-state index contributed by atoms with van der Waals surface area (Å²) in [5, 5.41) is 27.7. The van der Waals surface area contributed by atoms with Gasteiger partial charge in [0, 0.05) is 29.3 Å². The van der Waals surface area contributed by atoms with Crippen LogP contribution < -0.4 is 15.0 Å². The molecule has 1 heterocycles. The number of nitro groups is 2. The smallest absolute Gasteiger partial charge is 0.313 e. The van der Waals surface area contributed by atoms with Crippen molar-refractivity contribution in [2.75, 3.05) is 6.61 Å². The second-order valence-electron chi connectivity index (χ2n) is 10.9. The second kappa shape index (κ2) is 13.8. The molecule has 0 amide bonds. The molecular weight excluding hydrogens is 626 g/mol. The number of hydrogen-bond acceptors (Lipinski definition) is 9. The predicted molar refractivity (Wildman–Crippen MR) is 180 cm³/mol. The molecule has 0 aliphatic carbocycles. The number of hydrogen-bond donors (Lipinski definition) is 0. The molecule has 1 aromatic heterocycles. The van der Waals surface area contributed by atoms with E-state index in [9.17, 15) is 25.0 Å². The van der Waals surface area contributed by atoms with E-state index in [1.54, 1.807) is 24.3 Å². The minimum Gasteiger partial charge on any atom is -0.494 e. The number of fused-ring (bicyclic) bond motifs is 1. The molecule has 0 atom stereocenters. The summed E-state index contributed by atoms with van der Waals surface area (Å²) in [4.78, 5) is 40.4. The minimum absolute atomic E-state index is 0.0595. The molecule has 0 spiro atoms. The molecule has 0 saturated carbocycles. The van der Waals surface area contributed by atoms with Crippen LogP contribution in [0.2, 0.25) is 5.02 Å². The summed E-state index contributed by atoms with van der Waals surface area (Å²) in [5.74, 6) is 0.975. The van der Waals surface area contributed by atoms with Gasteiger partial charge in [-0.25, -0.2) is 4.98 Å². The van der Waals surface area contributed by atoms with Gasteiger partial charge in [0.15, 0.2) is 5.82 Å². The molecule has 13 heteroatoms. The molecule has 12 nitrogen and oxygen atoms in total. The van der Waals surface area contributed by atoms with Gasteiger partial charge in [-0.3, -0.25) is 25.0 Å². The van der Waals surface area contributed by atoms with E-state index in [0.29, 0.717) is 28.6 Å². The van der Waals surface area contributed by atoms with Gasteiger partial charge in [-0.05, 0) is 78.9 Å². The zero-order valence-corrected chi connectivity index (χ0v) is 26.7. The Balaban J connectivity index is 1.57. The molecule has 4 aromatic carbocycles. The van der Waals surface area contributed by atoms with Crippen molar-refractivity contribution in [3.63, 3.8) is 0 Å². The quantitative estimate of drug-likeness (QED) is 0.0793. The fraction of sp³-hybridized carbons (Fsp3) is 0.206. The van der Waals surface area contributed by atoms with Gasteiger partial charge in [0.2, 0.25) is 5.75 Å². The third kappa shape index (κ3) is 6.97. The van der Waals surface area contributed by atoms with E-state index in [4.69, 9.17) is 26.1 Å². The lowest BCUT2D eigenvalue weighted by Gasteiger charge is -2.18. The van der Waals surface area contributed by atoms with Crippen LogP contribution in [0.4, 0.5) is 11.4 Å². The SMILES string of the molecule is CCOc1cc(C)c(-c2nc3ccccc3c(=O)n2N=Cc2cc(Cl)c(OCc3ccc([N+](=O)[O-])cc3)c([N+](=O)[O-])c2)cc1C(C)C. The molecule has 0 radical (unpaired) electrons. The molecule has 0 aliphatic heterocycles. The Morgan fingerprint density at radius 3 is 2.38 bits per heavy atom. The highest BCUT2D eigenvalue weighted by Gasteiger charge is 2.22. The summed E-state index contributed by atoms with van der Waals surface area (Å²) in [6, 6.07) is 19.1. The van der Waals surface area contributed by atoms with Crippen LogP contribution in [-0.4, -0.2) is 32.3 Å². The molecule has 0 N–H and O–H groups in total. The van der Waals surface area contributed by atoms with Crippen molar-refractivity contribution in [1.29, 1.82) is 0 Å². The molecule has 0 saturated heterocycles. The van der Waals surface area contributed by atoms with Crippen LogP contribution in [0, 0.1) is 27.2 Å². The van der Waals surface area contributed by atoms with Crippen LogP contribution in [0.25, 0.3) is 22.3 Å². The molecule has 240 valence electrons. The third-order valence-corrected chi connectivity index (χ3v) is 7.65. The number of aromatic nitrogens is 2. The van der Waals surface area contributed by atoms with E-state index in [-0.39, 0.29) is 40.4 Å². The largest absolute Gasteiger partial charge is 0.494 e. The van der Waals surface area contributed by atoms with E-state index < -0.39 is 21.1 Å². The summed E-state index contributed by atoms with van der Waals surface area (Å²) in [6.45, 7) is 8.29. The summed E-state index contributed by atoms with van der Waals surface area (Å²) in [5.41, 5.74) is 2.77. The van der Waals surface area contributed by atoms with Gasteiger partial charge < -0.3 is 9.47 Å². The van der Waals surface area contributed by atoms with E-state index >= 15 is 0 Å². The maximum absolute atomic E-state index is 13.8. The molecule has 47 heavy (non-hydrogen) atoms. The third-order valence-electron chi connectivity index (χ3n) is 7.37. The topological polar surface area (TPSA) is 152 Å². The molecule has 5 aromatic rings. The van der Waals surface area contributed by atoms with E-state index in [2.05, 4.69) is 5.10 Å². The number of ether oxygens (including phenoxy) is 2. The van der Waals surface area contributed by atoms with Gasteiger partial charge in [0.05, 0.1) is 38.6 Å². The van der Waals surface area contributed by atoms with Crippen molar-refractivity contribution < 1.29 is 19.3 Å². The lowest BCUT2D eigenvalue weighted by Crippen LogP contribution is -2.21. The highest BCUT2D eigenvalue weighted by molar-refractivity contribution is 6.32. The summed E-state index contributed by atoms with van der Waals surface area (Å²) < 4.78 is 12.7. The average molecular weight is 656 g/mol. The second-order valence-corrected chi connectivity index (χ2v) is 11.3. The Morgan fingerprint density at radius 1 is 1.00 bits per heavy atom. The summed E-state index contributed by atoms with van der Waals surface area (Å²) >= 11 is 6.47. The molecule has 0 fully saturated rings. The van der Waals surface area contributed by atoms with Gasteiger partial charge in [0.25, 0.3) is 11.2 Å². The lowest BCUT2D eigenvalue weighted by molar-refractivity contribution is -0.386. The average Bonchev–Trinajstić information content (AvgIpc) is 3.03. The lowest BCUT2D eigenvalue weighted by atomic mass is 9.96. The van der Waals surface area contributed by atoms with E-state index in [1.165, 1.54) is 47.3 Å². The normalized spacial score (nSPS) is 11.4. The standard InChI is InChI=1S/C34H30ClN5O7/c1-5-46-31-14-21(4)27(17-26(31)20(2)3)33-37-29-9-7-6-8-25(29)34(41)38(33)36-18-23-15-28(35)32(30(16-23)40(44)45)47-19-22-10-12-24(13-11-22)39(42)43/h6-18,20H,5,19H2,1-4H3. The van der Waals surface area contributed by atoms with Crippen molar-refractivity contribution in [2.45, 2.75) is 40.2 Å². The number of halogens is 1. The maximum atomic E-state index is 13.8. The number of non-ortho nitro benzene ring substituents is 1. The first kappa shape index (κ1) is 32.8. The number of benzene rings is 4. The van der Waals surface area contributed by atoms with Crippen LogP contribution >= 0.6 is 11.6 Å². The molecule has 5 rings (SSSR count). The van der Waals surface area contributed by atoms with E-state index in [1.807, 2.05) is 39.8 Å².